The maximum Gasteiger partial charge on any atom is 0.209 e. The lowest BCUT2D eigenvalue weighted by Crippen LogP contribution is -2.61. The first-order valence-electron chi connectivity index (χ1n) is 9.43. The molecule has 0 saturated carbocycles. The van der Waals surface area contributed by atoms with Gasteiger partial charge in [0.05, 0.1) is 25.4 Å². The van der Waals surface area contributed by atoms with Gasteiger partial charge < -0.3 is 54.7 Å². The van der Waals surface area contributed by atoms with Crippen LogP contribution in [-0.2, 0) is 18.9 Å². The van der Waals surface area contributed by atoms with Crippen molar-refractivity contribution in [1.82, 2.24) is 0 Å². The van der Waals surface area contributed by atoms with E-state index in [2.05, 4.69) is 0 Å². The normalized spacial score (nSPS) is 31.9. The van der Waals surface area contributed by atoms with Crippen LogP contribution in [0.25, 0.3) is 0 Å². The number of hydrogen-bond acceptors (Lipinski definition) is 11. The van der Waals surface area contributed by atoms with E-state index in [4.69, 9.17) is 18.9 Å². The van der Waals surface area contributed by atoms with E-state index in [0.717, 1.165) is 12.8 Å². The smallest absolute Gasteiger partial charge is 0.209 e. The van der Waals surface area contributed by atoms with E-state index in [-0.39, 0.29) is 6.10 Å². The number of rotatable bonds is 12. The van der Waals surface area contributed by atoms with E-state index >= 15 is 0 Å². The van der Waals surface area contributed by atoms with E-state index in [1.165, 1.54) is 0 Å². The summed E-state index contributed by atoms with van der Waals surface area (Å²) in [5, 5.41) is 67.5. The van der Waals surface area contributed by atoms with Gasteiger partial charge in [0, 0.05) is 0 Å². The van der Waals surface area contributed by atoms with Gasteiger partial charge in [0.2, 0.25) is 12.6 Å². The van der Waals surface area contributed by atoms with Gasteiger partial charge in [-0.05, 0) is 19.8 Å². The molecule has 0 radical (unpaired) electrons. The van der Waals surface area contributed by atoms with Crippen molar-refractivity contribution in [3.05, 3.63) is 0 Å². The van der Waals surface area contributed by atoms with Crippen molar-refractivity contribution < 1.29 is 54.7 Å². The van der Waals surface area contributed by atoms with Crippen molar-refractivity contribution >= 4 is 0 Å². The fourth-order valence-electron chi connectivity index (χ4n) is 2.91. The Morgan fingerprint density at radius 3 is 2.04 bits per heavy atom. The zero-order valence-corrected chi connectivity index (χ0v) is 16.4. The maximum atomic E-state index is 10.1. The Labute approximate surface area is 164 Å². The molecule has 1 fully saturated rings. The van der Waals surface area contributed by atoms with Crippen LogP contribution in [0.4, 0.5) is 0 Å². The van der Waals surface area contributed by atoms with Crippen LogP contribution in [0.1, 0.15) is 33.6 Å². The van der Waals surface area contributed by atoms with Crippen LogP contribution in [0.2, 0.25) is 0 Å². The molecular weight excluding hydrogens is 380 g/mol. The highest BCUT2D eigenvalue weighted by Crippen LogP contribution is 2.25. The lowest BCUT2D eigenvalue weighted by molar-refractivity contribution is -0.350. The molecule has 1 rings (SSSR count). The van der Waals surface area contributed by atoms with Crippen molar-refractivity contribution in [3.8, 4) is 0 Å². The highest BCUT2D eigenvalue weighted by atomic mass is 16.7. The molecule has 0 amide bonds. The number of ether oxygens (including phenoxy) is 4. The fraction of sp³-hybridized carbons (Fsp3) is 1.00. The van der Waals surface area contributed by atoms with Crippen molar-refractivity contribution in [2.75, 3.05) is 13.2 Å². The van der Waals surface area contributed by atoms with Crippen molar-refractivity contribution in [3.63, 3.8) is 0 Å². The molecule has 8 unspecified atom stereocenters. The summed E-state index contributed by atoms with van der Waals surface area (Å²) in [5.41, 5.74) is 0. The molecule has 11 heteroatoms. The van der Waals surface area contributed by atoms with Gasteiger partial charge in [-0.3, -0.25) is 0 Å². The number of aliphatic hydroxyl groups excluding tert-OH is 6. The molecule has 0 aromatic heterocycles. The molecule has 28 heavy (non-hydrogen) atoms. The van der Waals surface area contributed by atoms with E-state index in [1.54, 1.807) is 6.92 Å². The second-order valence-corrected chi connectivity index (χ2v) is 6.75. The van der Waals surface area contributed by atoms with Crippen LogP contribution in [0.5, 0.6) is 0 Å². The van der Waals surface area contributed by atoms with Gasteiger partial charge in [0.1, 0.15) is 30.5 Å². The third-order valence-electron chi connectivity index (χ3n) is 4.70. The molecule has 1 aliphatic rings. The van der Waals surface area contributed by atoms with Gasteiger partial charge in [0.25, 0.3) is 0 Å². The predicted octanol–water partition coefficient (Wildman–Crippen LogP) is -2.59. The summed E-state index contributed by atoms with van der Waals surface area (Å²) >= 11 is 0. The molecule has 0 spiro atoms. The van der Waals surface area contributed by atoms with Gasteiger partial charge in [-0.1, -0.05) is 13.8 Å². The first kappa shape index (κ1) is 25.6. The van der Waals surface area contributed by atoms with Crippen LogP contribution in [-0.4, -0.2) is 111 Å². The molecule has 0 aliphatic carbocycles. The summed E-state index contributed by atoms with van der Waals surface area (Å²) in [6.07, 6.45) is -12.0. The zero-order chi connectivity index (χ0) is 21.4. The van der Waals surface area contributed by atoms with Gasteiger partial charge in [-0.15, -0.1) is 0 Å². The maximum absolute atomic E-state index is 10.1. The molecule has 7 N–H and O–H groups in total. The molecule has 8 atom stereocenters. The SMILES string of the molecule is CCC(CC)OC(C)C(CO)OC(OC1C(CO)OC(O)C(O)C1O)C(O)O. The largest absolute Gasteiger partial charge is 0.394 e. The van der Waals surface area contributed by atoms with Crippen LogP contribution in [0, 0.1) is 0 Å². The van der Waals surface area contributed by atoms with Crippen molar-refractivity contribution in [2.24, 2.45) is 0 Å². The lowest BCUT2D eigenvalue weighted by atomic mass is 9.99. The Morgan fingerprint density at radius 2 is 1.57 bits per heavy atom. The highest BCUT2D eigenvalue weighted by molar-refractivity contribution is 4.90. The standard InChI is InChI=1S/C17H34O11/c1-4-9(5-2)25-8(3)10(6-18)27-17(15(22)23)28-14-11(7-19)26-16(24)13(21)12(14)20/h8-24H,4-7H2,1-3H3. The monoisotopic (exact) mass is 414 g/mol. The summed E-state index contributed by atoms with van der Waals surface area (Å²) in [5.74, 6) is 0. The van der Waals surface area contributed by atoms with Gasteiger partial charge in [0.15, 0.2) is 6.29 Å². The van der Waals surface area contributed by atoms with Gasteiger partial charge >= 0.3 is 0 Å². The Bertz CT molecular complexity index is 418. The van der Waals surface area contributed by atoms with E-state index in [0.29, 0.717) is 0 Å². The minimum Gasteiger partial charge on any atom is -0.394 e. The summed E-state index contributed by atoms with van der Waals surface area (Å²) in [7, 11) is 0. The third kappa shape index (κ3) is 6.82. The minimum atomic E-state index is -2.18. The molecule has 0 aromatic rings. The molecule has 0 aromatic carbocycles. The Kier molecular flexibility index (Phi) is 11.2. The van der Waals surface area contributed by atoms with Crippen LogP contribution in [0.15, 0.2) is 0 Å². The van der Waals surface area contributed by atoms with E-state index < -0.39 is 68.7 Å². The second kappa shape index (κ2) is 12.3. The van der Waals surface area contributed by atoms with Gasteiger partial charge in [-0.2, -0.15) is 0 Å². The molecular formula is C17H34O11. The van der Waals surface area contributed by atoms with Crippen molar-refractivity contribution in [2.45, 2.75) is 95.2 Å². The predicted molar refractivity (Wildman–Crippen MR) is 93.7 cm³/mol. The Balaban J connectivity index is 2.85. The Morgan fingerprint density at radius 1 is 0.964 bits per heavy atom. The lowest BCUT2D eigenvalue weighted by Gasteiger charge is -2.42. The number of hydrogen-bond donors (Lipinski definition) is 7. The third-order valence-corrected chi connectivity index (χ3v) is 4.70. The summed E-state index contributed by atoms with van der Waals surface area (Å²) in [4.78, 5) is 0. The molecule has 11 nitrogen and oxygen atoms in total. The summed E-state index contributed by atoms with van der Waals surface area (Å²) in [6.45, 7) is 4.34. The van der Waals surface area contributed by atoms with Crippen LogP contribution < -0.4 is 0 Å². The molecule has 1 aliphatic heterocycles. The topological polar surface area (TPSA) is 179 Å². The van der Waals surface area contributed by atoms with Gasteiger partial charge in [-0.25, -0.2) is 0 Å². The first-order valence-corrected chi connectivity index (χ1v) is 9.43. The molecule has 168 valence electrons. The van der Waals surface area contributed by atoms with E-state index in [9.17, 15) is 35.7 Å². The Hall–Kier alpha value is -0.440. The molecule has 0 bridgehead atoms. The minimum absolute atomic E-state index is 0.0740. The summed E-state index contributed by atoms with van der Waals surface area (Å²) < 4.78 is 21.5. The van der Waals surface area contributed by atoms with E-state index in [1.807, 2.05) is 13.8 Å². The zero-order valence-electron chi connectivity index (χ0n) is 16.4. The quantitative estimate of drug-likeness (QED) is 0.167. The second-order valence-electron chi connectivity index (χ2n) is 6.75. The highest BCUT2D eigenvalue weighted by Gasteiger charge is 2.46. The fourth-order valence-corrected chi connectivity index (χ4v) is 2.91. The number of aliphatic hydroxyl groups is 7. The van der Waals surface area contributed by atoms with Crippen molar-refractivity contribution in [1.29, 1.82) is 0 Å². The van der Waals surface area contributed by atoms with Crippen LogP contribution in [0.3, 0.4) is 0 Å². The molecule has 1 heterocycles. The average Bonchev–Trinajstić information content (AvgIpc) is 2.68. The summed E-state index contributed by atoms with van der Waals surface area (Å²) in [6, 6.07) is 0. The van der Waals surface area contributed by atoms with Crippen LogP contribution >= 0.6 is 0 Å². The first-order chi connectivity index (χ1) is 13.2. The average molecular weight is 414 g/mol. The molecule has 1 saturated heterocycles.